The second kappa shape index (κ2) is 10.5. The molecule has 3 aromatic rings. The summed E-state index contributed by atoms with van der Waals surface area (Å²) in [7, 11) is 1.57. The van der Waals surface area contributed by atoms with E-state index in [2.05, 4.69) is 20.4 Å². The van der Waals surface area contributed by atoms with Crippen molar-refractivity contribution in [1.82, 2.24) is 15.1 Å². The second-order valence-electron chi connectivity index (χ2n) is 7.03. The average molecular weight is 470 g/mol. The van der Waals surface area contributed by atoms with E-state index in [1.807, 2.05) is 47.4 Å². The number of anilines is 2. The van der Waals surface area contributed by atoms with Gasteiger partial charge in [0, 0.05) is 31.9 Å². The van der Waals surface area contributed by atoms with E-state index < -0.39 is 0 Å². The van der Waals surface area contributed by atoms with Gasteiger partial charge in [0.25, 0.3) is 5.91 Å². The van der Waals surface area contributed by atoms with Crippen LogP contribution in [0.15, 0.2) is 58.9 Å². The third kappa shape index (κ3) is 5.38. The Balaban J connectivity index is 1.27. The number of aromatic nitrogens is 2. The van der Waals surface area contributed by atoms with Crippen molar-refractivity contribution in [3.05, 3.63) is 60.2 Å². The lowest BCUT2D eigenvalue weighted by Crippen LogP contribution is -2.48. The molecule has 2 aromatic carbocycles. The monoisotopic (exact) mass is 469 g/mol. The van der Waals surface area contributed by atoms with Crippen LogP contribution in [0.3, 0.4) is 0 Å². The maximum atomic E-state index is 12.9. The lowest BCUT2D eigenvalue weighted by Gasteiger charge is -2.34. The van der Waals surface area contributed by atoms with Crippen LogP contribution in [0.5, 0.6) is 5.75 Å². The summed E-state index contributed by atoms with van der Waals surface area (Å²) in [5.74, 6) is 0.744. The van der Waals surface area contributed by atoms with Crippen LogP contribution in [-0.2, 0) is 4.79 Å². The van der Waals surface area contributed by atoms with Gasteiger partial charge in [-0.3, -0.25) is 9.59 Å². The van der Waals surface area contributed by atoms with E-state index in [-0.39, 0.29) is 17.6 Å². The summed E-state index contributed by atoms with van der Waals surface area (Å²) in [5.41, 5.74) is 1.35. The van der Waals surface area contributed by atoms with Gasteiger partial charge in [-0.2, -0.15) is 0 Å². The molecule has 32 heavy (non-hydrogen) atoms. The minimum absolute atomic E-state index is 0.0277. The van der Waals surface area contributed by atoms with Crippen LogP contribution in [0.4, 0.5) is 10.8 Å². The highest BCUT2D eigenvalue weighted by molar-refractivity contribution is 8.01. The van der Waals surface area contributed by atoms with Crippen LogP contribution in [0.1, 0.15) is 10.4 Å². The van der Waals surface area contributed by atoms with Crippen molar-refractivity contribution < 1.29 is 14.3 Å². The van der Waals surface area contributed by atoms with Crippen LogP contribution in [0, 0.1) is 0 Å². The molecule has 1 aliphatic heterocycles. The number of rotatable bonds is 7. The topological polar surface area (TPSA) is 87.7 Å². The zero-order chi connectivity index (χ0) is 22.3. The molecule has 2 heterocycles. The number of benzene rings is 2. The Morgan fingerprint density at radius 2 is 1.75 bits per heavy atom. The highest BCUT2D eigenvalue weighted by Gasteiger charge is 2.25. The van der Waals surface area contributed by atoms with E-state index in [4.69, 9.17) is 4.74 Å². The van der Waals surface area contributed by atoms with E-state index in [9.17, 15) is 9.59 Å². The molecule has 1 saturated heterocycles. The molecular formula is C22H23N5O3S2. The van der Waals surface area contributed by atoms with Gasteiger partial charge < -0.3 is 19.9 Å². The number of carbonyl (C=O) groups excluding carboxylic acids is 2. The maximum absolute atomic E-state index is 12.9. The van der Waals surface area contributed by atoms with E-state index in [0.29, 0.717) is 37.5 Å². The first-order chi connectivity index (χ1) is 15.6. The number of piperazine rings is 1. The normalized spacial score (nSPS) is 13.7. The minimum atomic E-state index is -0.0820. The van der Waals surface area contributed by atoms with E-state index in [0.717, 1.165) is 15.2 Å². The van der Waals surface area contributed by atoms with Crippen molar-refractivity contribution >= 4 is 45.7 Å². The number of hydrogen-bond acceptors (Lipinski definition) is 8. The molecule has 10 heteroatoms. The molecule has 0 spiro atoms. The first-order valence-corrected chi connectivity index (χ1v) is 11.9. The summed E-state index contributed by atoms with van der Waals surface area (Å²) >= 11 is 2.83. The van der Waals surface area contributed by atoms with Crippen LogP contribution >= 0.6 is 23.1 Å². The Hall–Kier alpha value is -3.11. The number of para-hydroxylation sites is 2. The zero-order valence-electron chi connectivity index (χ0n) is 17.6. The Morgan fingerprint density at radius 3 is 2.50 bits per heavy atom. The molecule has 0 saturated carbocycles. The van der Waals surface area contributed by atoms with Gasteiger partial charge in [0.2, 0.25) is 11.0 Å². The lowest BCUT2D eigenvalue weighted by atomic mass is 10.1. The number of carbonyl (C=O) groups is 2. The van der Waals surface area contributed by atoms with Gasteiger partial charge >= 0.3 is 0 Å². The number of amides is 2. The molecule has 0 aliphatic carbocycles. The predicted molar refractivity (Wildman–Crippen MR) is 127 cm³/mol. The maximum Gasteiger partial charge on any atom is 0.257 e. The van der Waals surface area contributed by atoms with E-state index in [1.54, 1.807) is 19.2 Å². The number of ether oxygens (including phenoxy) is 1. The lowest BCUT2D eigenvalue weighted by molar-refractivity contribution is -0.113. The summed E-state index contributed by atoms with van der Waals surface area (Å²) in [6, 6.07) is 16.6. The van der Waals surface area contributed by atoms with Crippen LogP contribution in [0.2, 0.25) is 0 Å². The largest absolute Gasteiger partial charge is 0.496 e. The Bertz CT molecular complexity index is 1070. The van der Waals surface area contributed by atoms with Gasteiger partial charge in [0.15, 0.2) is 4.34 Å². The van der Waals surface area contributed by atoms with Gasteiger partial charge in [-0.15, -0.1) is 10.2 Å². The predicted octanol–water partition coefficient (Wildman–Crippen LogP) is 3.24. The Kier molecular flexibility index (Phi) is 7.23. The minimum Gasteiger partial charge on any atom is -0.496 e. The fourth-order valence-electron chi connectivity index (χ4n) is 3.33. The fraction of sp³-hybridized carbons (Fsp3) is 0.273. The molecule has 1 fully saturated rings. The average Bonchev–Trinajstić information content (AvgIpc) is 3.32. The Labute approximate surface area is 194 Å². The molecule has 2 amide bonds. The number of thioether (sulfide) groups is 1. The van der Waals surface area contributed by atoms with Crippen molar-refractivity contribution in [3.63, 3.8) is 0 Å². The quantitative estimate of drug-likeness (QED) is 0.532. The SMILES string of the molecule is COc1ccccc1C(=O)N1CCN(c2nnc(SCC(=O)Nc3ccccc3)s2)CC1. The molecule has 0 atom stereocenters. The van der Waals surface area contributed by atoms with Gasteiger partial charge in [-0.25, -0.2) is 0 Å². The standard InChI is InChI=1S/C22H23N5O3S2/c1-30-18-10-6-5-9-17(18)20(29)26-11-13-27(14-12-26)21-24-25-22(32-21)31-15-19(28)23-16-7-3-2-4-8-16/h2-10H,11-15H2,1H3,(H,23,28). The number of nitrogens with one attached hydrogen (secondary N) is 1. The van der Waals surface area contributed by atoms with Crippen molar-refractivity contribution in [2.24, 2.45) is 0 Å². The first kappa shape index (κ1) is 22.1. The van der Waals surface area contributed by atoms with Crippen LogP contribution in [-0.4, -0.2) is 66.0 Å². The highest BCUT2D eigenvalue weighted by Crippen LogP contribution is 2.29. The van der Waals surface area contributed by atoms with Crippen molar-refractivity contribution in [2.75, 3.05) is 49.3 Å². The summed E-state index contributed by atoms with van der Waals surface area (Å²) in [5, 5.41) is 12.1. The van der Waals surface area contributed by atoms with Crippen LogP contribution < -0.4 is 15.0 Å². The fourth-order valence-corrected chi connectivity index (χ4v) is 5.02. The van der Waals surface area contributed by atoms with Crippen molar-refractivity contribution in [2.45, 2.75) is 4.34 Å². The molecule has 166 valence electrons. The number of methoxy groups -OCH3 is 1. The third-order valence-electron chi connectivity index (χ3n) is 4.95. The molecule has 0 bridgehead atoms. The molecule has 8 nitrogen and oxygen atoms in total. The summed E-state index contributed by atoms with van der Waals surface area (Å²) in [6.07, 6.45) is 0. The smallest absolute Gasteiger partial charge is 0.257 e. The van der Waals surface area contributed by atoms with E-state index >= 15 is 0 Å². The molecule has 0 radical (unpaired) electrons. The van der Waals surface area contributed by atoms with Crippen molar-refractivity contribution in [3.8, 4) is 5.75 Å². The number of hydrogen-bond donors (Lipinski definition) is 1. The van der Waals surface area contributed by atoms with Gasteiger partial charge in [-0.1, -0.05) is 53.4 Å². The highest BCUT2D eigenvalue weighted by atomic mass is 32.2. The van der Waals surface area contributed by atoms with Gasteiger partial charge in [-0.05, 0) is 24.3 Å². The van der Waals surface area contributed by atoms with Crippen molar-refractivity contribution in [1.29, 1.82) is 0 Å². The molecular weight excluding hydrogens is 446 g/mol. The molecule has 1 aliphatic rings. The third-order valence-corrected chi connectivity index (χ3v) is 7.07. The van der Waals surface area contributed by atoms with Crippen LogP contribution in [0.25, 0.3) is 0 Å². The molecule has 1 N–H and O–H groups in total. The Morgan fingerprint density at radius 1 is 1.03 bits per heavy atom. The summed E-state index contributed by atoms with van der Waals surface area (Å²) < 4.78 is 6.06. The zero-order valence-corrected chi connectivity index (χ0v) is 19.2. The second-order valence-corrected chi connectivity index (χ2v) is 9.21. The van der Waals surface area contributed by atoms with E-state index in [1.165, 1.54) is 23.1 Å². The molecule has 0 unspecified atom stereocenters. The van der Waals surface area contributed by atoms with Gasteiger partial charge in [0.05, 0.1) is 18.4 Å². The molecule has 4 rings (SSSR count). The molecule has 1 aromatic heterocycles. The number of nitrogens with zero attached hydrogens (tertiary/aromatic N) is 4. The summed E-state index contributed by atoms with van der Waals surface area (Å²) in [6.45, 7) is 2.54. The van der Waals surface area contributed by atoms with Gasteiger partial charge in [0.1, 0.15) is 5.75 Å². The first-order valence-electron chi connectivity index (χ1n) is 10.1. The summed E-state index contributed by atoms with van der Waals surface area (Å²) in [4.78, 5) is 28.9.